The van der Waals surface area contributed by atoms with Crippen LogP contribution in [0.1, 0.15) is 34.8 Å². The molecule has 0 aliphatic rings. The number of thiazole rings is 1. The monoisotopic (exact) mass is 534 g/mol. The van der Waals surface area contributed by atoms with Crippen molar-refractivity contribution in [2.75, 3.05) is 11.8 Å². The van der Waals surface area contributed by atoms with Gasteiger partial charge in [-0.15, -0.1) is 11.3 Å². The van der Waals surface area contributed by atoms with Crippen LogP contribution in [-0.4, -0.2) is 48.5 Å². The fraction of sp³-hybridized carbons (Fsp3) is 0.333. The Morgan fingerprint density at radius 1 is 1.08 bits per heavy atom. The number of ether oxygens (including phenoxy) is 1. The minimum Gasteiger partial charge on any atom is -0.453 e. The molecule has 0 spiro atoms. The molecule has 36 heavy (non-hydrogen) atoms. The Hall–Kier alpha value is -3.03. The van der Waals surface area contributed by atoms with Gasteiger partial charge in [-0.2, -0.15) is 8.42 Å². The molecule has 0 fully saturated rings. The number of aliphatic hydroxyl groups excluding tert-OH is 1. The van der Waals surface area contributed by atoms with Crippen molar-refractivity contribution in [2.45, 2.75) is 44.5 Å². The van der Waals surface area contributed by atoms with E-state index in [1.54, 1.807) is 12.1 Å². The molecule has 1 heterocycles. The summed E-state index contributed by atoms with van der Waals surface area (Å²) in [7, 11) is -3.11. The third kappa shape index (κ3) is 8.57. The van der Waals surface area contributed by atoms with Crippen LogP contribution in [0.3, 0.4) is 0 Å². The van der Waals surface area contributed by atoms with Crippen molar-refractivity contribution in [3.8, 4) is 0 Å². The predicted molar refractivity (Wildman–Crippen MR) is 138 cm³/mol. The van der Waals surface area contributed by atoms with E-state index >= 15 is 0 Å². The SMILES string of the molecule is CCc1nc([C@H](Cc2ccc(NS(=O)(=O)O)cc2)NC(O)[C@H](Cc2ccccc2)NC(=O)OC)cs1. The first kappa shape index (κ1) is 27.6. The molecule has 5 N–H and O–H groups in total. The molecular formula is C24H30N4O6S2. The fourth-order valence-corrected chi connectivity index (χ4v) is 4.86. The number of aromatic nitrogens is 1. The van der Waals surface area contributed by atoms with E-state index in [0.29, 0.717) is 12.8 Å². The maximum absolute atomic E-state index is 12.0. The molecule has 194 valence electrons. The molecule has 3 rings (SSSR count). The number of carbonyl (C=O) groups is 1. The van der Waals surface area contributed by atoms with Crippen molar-refractivity contribution >= 4 is 33.4 Å². The summed E-state index contributed by atoms with van der Waals surface area (Å²) in [6, 6.07) is 14.9. The second kappa shape index (κ2) is 12.8. The van der Waals surface area contributed by atoms with Gasteiger partial charge in [-0.1, -0.05) is 49.4 Å². The van der Waals surface area contributed by atoms with Crippen LogP contribution in [0.4, 0.5) is 10.5 Å². The van der Waals surface area contributed by atoms with Gasteiger partial charge < -0.3 is 15.2 Å². The van der Waals surface area contributed by atoms with E-state index in [1.165, 1.54) is 30.6 Å². The summed E-state index contributed by atoms with van der Waals surface area (Å²) in [4.78, 5) is 16.7. The first-order chi connectivity index (χ1) is 17.2. The van der Waals surface area contributed by atoms with E-state index in [1.807, 2.05) is 47.4 Å². The third-order valence-corrected chi connectivity index (χ3v) is 6.91. The number of methoxy groups -OCH3 is 1. The molecule has 0 bridgehead atoms. The van der Waals surface area contributed by atoms with Crippen molar-refractivity contribution < 1.29 is 27.6 Å². The smallest absolute Gasteiger partial charge is 0.407 e. The number of rotatable bonds is 12. The van der Waals surface area contributed by atoms with Gasteiger partial charge in [0.25, 0.3) is 0 Å². The normalized spacial score (nSPS) is 14.0. The highest BCUT2D eigenvalue weighted by atomic mass is 32.2. The number of anilines is 1. The van der Waals surface area contributed by atoms with Crippen molar-refractivity contribution in [1.29, 1.82) is 0 Å². The van der Waals surface area contributed by atoms with Gasteiger partial charge in [0, 0.05) is 5.38 Å². The van der Waals surface area contributed by atoms with E-state index in [-0.39, 0.29) is 5.69 Å². The number of hydrogen-bond acceptors (Lipinski definition) is 8. The fourth-order valence-electron chi connectivity index (χ4n) is 3.63. The maximum Gasteiger partial charge on any atom is 0.407 e. The zero-order valence-corrected chi connectivity index (χ0v) is 21.6. The second-order valence-electron chi connectivity index (χ2n) is 8.09. The molecule has 3 atom stereocenters. The minimum atomic E-state index is -4.37. The number of hydrogen-bond donors (Lipinski definition) is 5. The van der Waals surface area contributed by atoms with Gasteiger partial charge in [0.2, 0.25) is 0 Å². The summed E-state index contributed by atoms with van der Waals surface area (Å²) in [5.41, 5.74) is 2.73. The highest BCUT2D eigenvalue weighted by molar-refractivity contribution is 7.87. The van der Waals surface area contributed by atoms with Crippen LogP contribution in [0, 0.1) is 0 Å². The van der Waals surface area contributed by atoms with Gasteiger partial charge in [-0.25, -0.2) is 9.78 Å². The van der Waals surface area contributed by atoms with Gasteiger partial charge >= 0.3 is 16.4 Å². The lowest BCUT2D eigenvalue weighted by molar-refractivity contribution is 0.0753. The number of alkyl carbamates (subject to hydrolysis) is 1. The van der Waals surface area contributed by atoms with E-state index in [9.17, 15) is 18.3 Å². The zero-order valence-electron chi connectivity index (χ0n) is 19.9. The minimum absolute atomic E-state index is 0.220. The number of carbonyl (C=O) groups excluding carboxylic acids is 1. The Balaban J connectivity index is 1.82. The van der Waals surface area contributed by atoms with Gasteiger partial charge in [0.05, 0.1) is 35.6 Å². The summed E-state index contributed by atoms with van der Waals surface area (Å²) < 4.78 is 37.8. The number of aliphatic hydroxyl groups is 1. The lowest BCUT2D eigenvalue weighted by atomic mass is 10.0. The van der Waals surface area contributed by atoms with Gasteiger partial charge in [-0.3, -0.25) is 14.6 Å². The topological polar surface area (TPSA) is 150 Å². The Morgan fingerprint density at radius 3 is 2.33 bits per heavy atom. The molecule has 3 aromatic rings. The third-order valence-electron chi connectivity index (χ3n) is 5.41. The van der Waals surface area contributed by atoms with Crippen LogP contribution in [0.15, 0.2) is 60.0 Å². The summed E-state index contributed by atoms with van der Waals surface area (Å²) in [6.45, 7) is 2.01. The zero-order chi connectivity index (χ0) is 26.1. The molecule has 12 heteroatoms. The quantitative estimate of drug-likeness (QED) is 0.176. The molecule has 1 aromatic heterocycles. The van der Waals surface area contributed by atoms with E-state index < -0.39 is 34.7 Å². The van der Waals surface area contributed by atoms with E-state index in [4.69, 9.17) is 9.29 Å². The van der Waals surface area contributed by atoms with Crippen LogP contribution >= 0.6 is 11.3 Å². The Bertz CT molecular complexity index is 1220. The molecule has 1 amide bonds. The largest absolute Gasteiger partial charge is 0.453 e. The summed E-state index contributed by atoms with van der Waals surface area (Å²) >= 11 is 1.52. The first-order valence-electron chi connectivity index (χ1n) is 11.3. The summed E-state index contributed by atoms with van der Waals surface area (Å²) in [6.07, 6.45) is -0.230. The number of benzene rings is 2. The maximum atomic E-state index is 12.0. The lowest BCUT2D eigenvalue weighted by Gasteiger charge is -2.28. The molecule has 0 saturated heterocycles. The Kier molecular flexibility index (Phi) is 9.79. The van der Waals surface area contributed by atoms with Crippen LogP contribution < -0.4 is 15.4 Å². The van der Waals surface area contributed by atoms with Crippen molar-refractivity contribution in [3.63, 3.8) is 0 Å². The molecule has 0 aliphatic carbocycles. The van der Waals surface area contributed by atoms with Crippen molar-refractivity contribution in [2.24, 2.45) is 0 Å². The summed E-state index contributed by atoms with van der Waals surface area (Å²) in [5.74, 6) is 0. The van der Waals surface area contributed by atoms with E-state index in [0.717, 1.165) is 28.2 Å². The molecule has 0 saturated carbocycles. The number of amides is 1. The van der Waals surface area contributed by atoms with Gasteiger partial charge in [-0.05, 0) is 42.5 Å². The molecule has 2 aromatic carbocycles. The highest BCUT2D eigenvalue weighted by Gasteiger charge is 2.26. The van der Waals surface area contributed by atoms with E-state index in [2.05, 4.69) is 15.6 Å². The number of nitrogens with zero attached hydrogens (tertiary/aromatic N) is 1. The molecular weight excluding hydrogens is 504 g/mol. The van der Waals surface area contributed by atoms with Crippen LogP contribution in [-0.2, 0) is 34.3 Å². The Morgan fingerprint density at radius 2 is 1.75 bits per heavy atom. The van der Waals surface area contributed by atoms with Crippen LogP contribution in [0.5, 0.6) is 0 Å². The standard InChI is InChI=1S/C24H30N4O6S2/c1-3-22-25-21(15-35-22)19(13-17-9-11-18(12-10-17)28-36(31,32)33)26-23(29)20(27-24(30)34-2)14-16-7-5-4-6-8-16/h4-12,15,19-20,23,26,28-29H,3,13-14H2,1-2H3,(H,27,30)(H,31,32,33)/t19-,20-,23?/m0/s1. The van der Waals surface area contributed by atoms with Crippen LogP contribution in [0.2, 0.25) is 0 Å². The average Bonchev–Trinajstić information content (AvgIpc) is 3.33. The average molecular weight is 535 g/mol. The van der Waals surface area contributed by atoms with Crippen molar-refractivity contribution in [1.82, 2.24) is 15.6 Å². The predicted octanol–water partition coefficient (Wildman–Crippen LogP) is 3.08. The molecule has 0 radical (unpaired) electrons. The van der Waals surface area contributed by atoms with Gasteiger partial charge in [0.15, 0.2) is 0 Å². The number of aryl methyl sites for hydroxylation is 1. The first-order valence-corrected chi connectivity index (χ1v) is 13.6. The van der Waals surface area contributed by atoms with Crippen molar-refractivity contribution in [3.05, 3.63) is 81.8 Å². The van der Waals surface area contributed by atoms with Gasteiger partial charge in [0.1, 0.15) is 6.23 Å². The lowest BCUT2D eigenvalue weighted by Crippen LogP contribution is -2.52. The number of nitrogens with one attached hydrogen (secondary N) is 3. The highest BCUT2D eigenvalue weighted by Crippen LogP contribution is 2.23. The molecule has 1 unspecified atom stereocenters. The Labute approximate surface area is 214 Å². The molecule has 0 aliphatic heterocycles. The molecule has 10 nitrogen and oxygen atoms in total. The second-order valence-corrected chi connectivity index (χ2v) is 10.2. The van der Waals surface area contributed by atoms with Crippen LogP contribution in [0.25, 0.3) is 0 Å². The summed E-state index contributed by atoms with van der Waals surface area (Å²) in [5, 5.41) is 19.9.